The Morgan fingerprint density at radius 1 is 0.426 bits per heavy atom. The molecule has 0 fully saturated rings. The van der Waals surface area contributed by atoms with Gasteiger partial charge in [-0.15, -0.1) is 11.3 Å². The van der Waals surface area contributed by atoms with Crippen LogP contribution in [0.2, 0.25) is 0 Å². The first-order chi connectivity index (χ1) is 23.3. The zero-order valence-electron chi connectivity index (χ0n) is 25.1. The third-order valence-corrected chi connectivity index (χ3v) is 10.4. The summed E-state index contributed by atoms with van der Waals surface area (Å²) >= 11 is 1.78. The van der Waals surface area contributed by atoms with Crippen LogP contribution in [0, 0.1) is 0 Å². The van der Waals surface area contributed by atoms with E-state index < -0.39 is 0 Å². The lowest BCUT2D eigenvalue weighted by atomic mass is 9.92. The molecule has 3 aromatic heterocycles. The third-order valence-electron chi connectivity index (χ3n) is 9.17. The van der Waals surface area contributed by atoms with Crippen LogP contribution < -0.4 is 0 Å². The van der Waals surface area contributed by atoms with Crippen LogP contribution in [0.4, 0.5) is 0 Å². The monoisotopic (exact) mass is 616 g/mol. The van der Waals surface area contributed by atoms with Crippen molar-refractivity contribution in [3.63, 3.8) is 0 Å². The molecule has 4 nitrogen and oxygen atoms in total. The number of nitrogens with zero attached hydrogens (tertiary/aromatic N) is 4. The van der Waals surface area contributed by atoms with Gasteiger partial charge >= 0.3 is 0 Å². The van der Waals surface area contributed by atoms with Crippen molar-refractivity contribution in [3.05, 3.63) is 146 Å². The van der Waals surface area contributed by atoms with E-state index in [-0.39, 0.29) is 0 Å². The second kappa shape index (κ2) is 10.2. The van der Waals surface area contributed by atoms with Gasteiger partial charge in [0.15, 0.2) is 17.5 Å². The Morgan fingerprint density at radius 2 is 1.11 bits per heavy atom. The molecule has 47 heavy (non-hydrogen) atoms. The quantitative estimate of drug-likeness (QED) is 0.185. The Hall–Kier alpha value is -6.04. The lowest BCUT2D eigenvalue weighted by molar-refractivity contribution is 1.08. The topological polar surface area (TPSA) is 51.6 Å². The van der Waals surface area contributed by atoms with E-state index in [1.165, 1.54) is 52.5 Å². The maximum absolute atomic E-state index is 5.26. The fourth-order valence-electron chi connectivity index (χ4n) is 6.95. The molecule has 10 rings (SSSR count). The highest BCUT2D eigenvalue weighted by molar-refractivity contribution is 7.26. The van der Waals surface area contributed by atoms with Gasteiger partial charge in [0, 0.05) is 55.3 Å². The summed E-state index contributed by atoms with van der Waals surface area (Å²) in [6.07, 6.45) is 3.82. The summed E-state index contributed by atoms with van der Waals surface area (Å²) in [7, 11) is 0. The number of hydrogen-bond acceptors (Lipinski definition) is 5. The van der Waals surface area contributed by atoms with E-state index in [1.54, 1.807) is 11.3 Å². The minimum Gasteiger partial charge on any atom is -0.263 e. The molecule has 10 aromatic rings. The Bertz CT molecular complexity index is 2860. The number of rotatable bonds is 3. The maximum Gasteiger partial charge on any atom is 0.164 e. The molecule has 0 radical (unpaired) electrons. The van der Waals surface area contributed by atoms with Gasteiger partial charge in [-0.1, -0.05) is 115 Å². The van der Waals surface area contributed by atoms with E-state index in [0.717, 1.165) is 27.5 Å². The molecule has 0 amide bonds. The van der Waals surface area contributed by atoms with Crippen LogP contribution in [0.1, 0.15) is 0 Å². The number of aromatic nitrogens is 4. The highest BCUT2D eigenvalue weighted by Crippen LogP contribution is 2.41. The molecule has 0 aliphatic carbocycles. The Morgan fingerprint density at radius 3 is 1.98 bits per heavy atom. The standard InChI is InChI=1S/C42H24N4S/c1-2-9-27(10-3-1)40-44-41(29-15-14-26-17-19-34-32-20-21-43-24-37(32)47-39(34)35(26)23-29)46-42(45-40)36-22-28-11-5-6-12-30(28)33-18-16-25-8-4-7-13-31(25)38(33)36/h1-24H. The highest BCUT2D eigenvalue weighted by atomic mass is 32.1. The van der Waals surface area contributed by atoms with E-state index >= 15 is 0 Å². The van der Waals surface area contributed by atoms with Crippen molar-refractivity contribution in [2.75, 3.05) is 0 Å². The molecule has 5 heteroatoms. The first kappa shape index (κ1) is 26.2. The number of hydrogen-bond donors (Lipinski definition) is 0. The van der Waals surface area contributed by atoms with Crippen molar-refractivity contribution in [2.24, 2.45) is 0 Å². The van der Waals surface area contributed by atoms with Crippen LogP contribution in [-0.2, 0) is 0 Å². The van der Waals surface area contributed by atoms with Crippen LogP contribution in [-0.4, -0.2) is 19.9 Å². The molecule has 218 valence electrons. The molecule has 0 saturated carbocycles. The minimum atomic E-state index is 0.650. The second-order valence-corrected chi connectivity index (χ2v) is 12.9. The predicted octanol–water partition coefficient (Wildman–Crippen LogP) is 11.2. The van der Waals surface area contributed by atoms with Gasteiger partial charge in [0.05, 0.1) is 4.70 Å². The number of fused-ring (bicyclic) bond motifs is 10. The van der Waals surface area contributed by atoms with Crippen LogP contribution in [0.3, 0.4) is 0 Å². The fourth-order valence-corrected chi connectivity index (χ4v) is 8.14. The van der Waals surface area contributed by atoms with Gasteiger partial charge in [-0.2, -0.15) is 0 Å². The summed E-state index contributed by atoms with van der Waals surface area (Å²) in [5, 5.41) is 11.9. The average Bonchev–Trinajstić information content (AvgIpc) is 3.53. The Balaban J connectivity index is 1.28. The molecule has 0 aliphatic heterocycles. The zero-order chi connectivity index (χ0) is 30.9. The van der Waals surface area contributed by atoms with Gasteiger partial charge in [0.1, 0.15) is 0 Å². The SMILES string of the molecule is c1ccc(-c2nc(-c3ccc4ccc5c6ccncc6sc5c4c3)nc(-c3cc4ccccc4c4ccc5ccccc5c34)n2)cc1. The summed E-state index contributed by atoms with van der Waals surface area (Å²) in [5.74, 6) is 1.96. The Labute approximate surface area is 273 Å². The van der Waals surface area contributed by atoms with Crippen molar-refractivity contribution >= 4 is 74.6 Å². The minimum absolute atomic E-state index is 0.650. The zero-order valence-corrected chi connectivity index (χ0v) is 25.9. The highest BCUT2D eigenvalue weighted by Gasteiger charge is 2.18. The lowest BCUT2D eigenvalue weighted by Crippen LogP contribution is -2.01. The van der Waals surface area contributed by atoms with Gasteiger partial charge in [-0.3, -0.25) is 4.98 Å². The molecule has 0 spiro atoms. The van der Waals surface area contributed by atoms with E-state index in [4.69, 9.17) is 15.0 Å². The second-order valence-electron chi connectivity index (χ2n) is 11.9. The normalized spacial score (nSPS) is 11.8. The predicted molar refractivity (Wildman–Crippen MR) is 197 cm³/mol. The number of thiophene rings is 1. The number of pyridine rings is 1. The molecule has 0 aliphatic rings. The first-order valence-corrected chi connectivity index (χ1v) is 16.4. The van der Waals surface area contributed by atoms with Gasteiger partial charge in [-0.05, 0) is 50.5 Å². The van der Waals surface area contributed by atoms with Crippen LogP contribution in [0.25, 0.3) is 97.4 Å². The molecule has 0 saturated heterocycles. The van der Waals surface area contributed by atoms with E-state index in [1.807, 2.05) is 30.6 Å². The molecule has 0 bridgehead atoms. The van der Waals surface area contributed by atoms with Crippen LogP contribution in [0.5, 0.6) is 0 Å². The van der Waals surface area contributed by atoms with E-state index in [0.29, 0.717) is 17.5 Å². The summed E-state index contributed by atoms with van der Waals surface area (Å²) < 4.78 is 2.43. The van der Waals surface area contributed by atoms with Crippen molar-refractivity contribution in [1.82, 2.24) is 19.9 Å². The van der Waals surface area contributed by atoms with Crippen molar-refractivity contribution < 1.29 is 0 Å². The summed E-state index contributed by atoms with van der Waals surface area (Å²) in [6, 6.07) is 47.1. The van der Waals surface area contributed by atoms with Gasteiger partial charge in [0.2, 0.25) is 0 Å². The summed E-state index contributed by atoms with van der Waals surface area (Å²) in [5.41, 5.74) is 2.90. The van der Waals surface area contributed by atoms with Crippen LogP contribution in [0.15, 0.2) is 146 Å². The molecular formula is C42H24N4S. The van der Waals surface area contributed by atoms with Crippen molar-refractivity contribution in [2.45, 2.75) is 0 Å². The average molecular weight is 617 g/mol. The molecule has 0 atom stereocenters. The third kappa shape index (κ3) is 4.14. The molecule has 7 aromatic carbocycles. The van der Waals surface area contributed by atoms with E-state index in [9.17, 15) is 0 Å². The maximum atomic E-state index is 5.26. The lowest BCUT2D eigenvalue weighted by Gasteiger charge is -2.14. The van der Waals surface area contributed by atoms with Gasteiger partial charge in [-0.25, -0.2) is 15.0 Å². The van der Waals surface area contributed by atoms with E-state index in [2.05, 4.69) is 120 Å². The largest absolute Gasteiger partial charge is 0.263 e. The van der Waals surface area contributed by atoms with Gasteiger partial charge in [0.25, 0.3) is 0 Å². The molecule has 3 heterocycles. The summed E-state index contributed by atoms with van der Waals surface area (Å²) in [6.45, 7) is 0. The smallest absolute Gasteiger partial charge is 0.164 e. The summed E-state index contributed by atoms with van der Waals surface area (Å²) in [4.78, 5) is 19.9. The van der Waals surface area contributed by atoms with Gasteiger partial charge < -0.3 is 0 Å². The van der Waals surface area contributed by atoms with Crippen molar-refractivity contribution in [3.8, 4) is 34.2 Å². The molecule has 0 unspecified atom stereocenters. The molecule has 0 N–H and O–H groups in total. The number of benzene rings is 7. The molecular weight excluding hydrogens is 593 g/mol. The Kier molecular flexibility index (Phi) is 5.71. The fraction of sp³-hybridized carbons (Fsp3) is 0. The van der Waals surface area contributed by atoms with Crippen molar-refractivity contribution in [1.29, 1.82) is 0 Å². The van der Waals surface area contributed by atoms with Crippen LogP contribution >= 0.6 is 11.3 Å². The first-order valence-electron chi connectivity index (χ1n) is 15.6.